The van der Waals surface area contributed by atoms with Gasteiger partial charge in [-0.2, -0.15) is 0 Å². The maximum Gasteiger partial charge on any atom is 0.175 e. The van der Waals surface area contributed by atoms with E-state index in [9.17, 15) is 9.50 Å². The van der Waals surface area contributed by atoms with Crippen LogP contribution >= 0.6 is 15.9 Å². The van der Waals surface area contributed by atoms with Crippen molar-refractivity contribution in [3.8, 4) is 5.75 Å². The van der Waals surface area contributed by atoms with Crippen LogP contribution in [0.3, 0.4) is 0 Å². The van der Waals surface area contributed by atoms with Crippen LogP contribution in [-0.2, 0) is 0 Å². The number of anilines is 1. The summed E-state index contributed by atoms with van der Waals surface area (Å²) in [5.74, 6) is -0.963. The Labute approximate surface area is 84.9 Å². The van der Waals surface area contributed by atoms with Crippen molar-refractivity contribution in [3.05, 3.63) is 22.4 Å². The zero-order chi connectivity index (χ0) is 10.0. The largest absolute Gasteiger partial charge is 0.503 e. The summed E-state index contributed by atoms with van der Waals surface area (Å²) in [5, 5.41) is 12.2. The molecule has 1 rings (SSSR count). The Hall–Kier alpha value is -0.770. The standard InChI is InChI=1S/C9H11BrFNO/c1-5(2)12-8-4-6(10)3-7(11)9(8)13/h3-5,12-13H,1-2H3. The SMILES string of the molecule is CC(C)Nc1cc(Br)cc(F)c1O. The van der Waals surface area contributed by atoms with E-state index >= 15 is 0 Å². The average molecular weight is 248 g/mol. The van der Waals surface area contributed by atoms with Gasteiger partial charge in [-0.25, -0.2) is 4.39 Å². The third-order valence-corrected chi connectivity index (χ3v) is 1.93. The first-order valence-corrected chi connectivity index (χ1v) is 4.74. The fourth-order valence-corrected chi connectivity index (χ4v) is 1.42. The third kappa shape index (κ3) is 2.59. The van der Waals surface area contributed by atoms with Crippen molar-refractivity contribution in [2.45, 2.75) is 19.9 Å². The Kier molecular flexibility index (Phi) is 3.14. The van der Waals surface area contributed by atoms with Crippen molar-refractivity contribution in [2.24, 2.45) is 0 Å². The normalized spacial score (nSPS) is 10.5. The lowest BCUT2D eigenvalue weighted by Crippen LogP contribution is -2.10. The van der Waals surface area contributed by atoms with Crippen LogP contribution in [0, 0.1) is 5.82 Å². The van der Waals surface area contributed by atoms with Crippen LogP contribution < -0.4 is 5.32 Å². The van der Waals surface area contributed by atoms with Crippen molar-refractivity contribution >= 4 is 21.6 Å². The molecule has 2 N–H and O–H groups in total. The Bertz CT molecular complexity index is 315. The van der Waals surface area contributed by atoms with Crippen LogP contribution in [0.2, 0.25) is 0 Å². The number of nitrogens with one attached hydrogen (secondary N) is 1. The van der Waals surface area contributed by atoms with Crippen molar-refractivity contribution in [1.82, 2.24) is 0 Å². The molecule has 0 aliphatic carbocycles. The molecule has 0 radical (unpaired) electrons. The molecule has 0 aliphatic rings. The number of benzene rings is 1. The Balaban J connectivity index is 3.05. The van der Waals surface area contributed by atoms with E-state index in [1.165, 1.54) is 6.07 Å². The summed E-state index contributed by atoms with van der Waals surface area (Å²) in [4.78, 5) is 0. The van der Waals surface area contributed by atoms with Crippen LogP contribution in [0.25, 0.3) is 0 Å². The highest BCUT2D eigenvalue weighted by atomic mass is 79.9. The van der Waals surface area contributed by atoms with E-state index in [0.717, 1.165) is 0 Å². The van der Waals surface area contributed by atoms with Gasteiger partial charge in [0.05, 0.1) is 5.69 Å². The van der Waals surface area contributed by atoms with Crippen molar-refractivity contribution < 1.29 is 9.50 Å². The molecule has 4 heteroatoms. The van der Waals surface area contributed by atoms with E-state index in [-0.39, 0.29) is 11.8 Å². The predicted molar refractivity (Wildman–Crippen MR) is 54.5 cm³/mol. The van der Waals surface area contributed by atoms with Gasteiger partial charge in [0.25, 0.3) is 0 Å². The number of aromatic hydroxyl groups is 1. The van der Waals surface area contributed by atoms with Crippen molar-refractivity contribution in [2.75, 3.05) is 5.32 Å². The van der Waals surface area contributed by atoms with E-state index in [0.29, 0.717) is 10.2 Å². The Morgan fingerprint density at radius 3 is 2.62 bits per heavy atom. The van der Waals surface area contributed by atoms with E-state index in [1.54, 1.807) is 6.07 Å². The molecule has 72 valence electrons. The summed E-state index contributed by atoms with van der Waals surface area (Å²) >= 11 is 3.15. The molecule has 0 aliphatic heterocycles. The van der Waals surface area contributed by atoms with Gasteiger partial charge in [-0.3, -0.25) is 0 Å². The molecule has 0 fully saturated rings. The first-order valence-electron chi connectivity index (χ1n) is 3.95. The highest BCUT2D eigenvalue weighted by Crippen LogP contribution is 2.30. The molecule has 0 heterocycles. The molecule has 0 bridgehead atoms. The molecule has 1 aromatic rings. The number of hydrogen-bond acceptors (Lipinski definition) is 2. The second kappa shape index (κ2) is 3.96. The molecule has 0 atom stereocenters. The first kappa shape index (κ1) is 10.3. The number of phenolic OH excluding ortho intramolecular Hbond substituents is 1. The highest BCUT2D eigenvalue weighted by molar-refractivity contribution is 9.10. The molecule has 0 saturated heterocycles. The molecule has 0 amide bonds. The fourth-order valence-electron chi connectivity index (χ4n) is 0.987. The summed E-state index contributed by atoms with van der Waals surface area (Å²) in [6, 6.07) is 3.01. The summed E-state index contributed by atoms with van der Waals surface area (Å²) < 4.78 is 13.6. The monoisotopic (exact) mass is 247 g/mol. The van der Waals surface area contributed by atoms with Gasteiger partial charge >= 0.3 is 0 Å². The van der Waals surface area contributed by atoms with Crippen molar-refractivity contribution in [3.63, 3.8) is 0 Å². The molecule has 0 saturated carbocycles. The minimum Gasteiger partial charge on any atom is -0.503 e. The van der Waals surface area contributed by atoms with Gasteiger partial charge in [-0.15, -0.1) is 0 Å². The number of rotatable bonds is 2. The lowest BCUT2D eigenvalue weighted by Gasteiger charge is -2.12. The summed E-state index contributed by atoms with van der Waals surface area (Å²) in [6.07, 6.45) is 0. The second-order valence-corrected chi connectivity index (χ2v) is 4.00. The molecule has 0 spiro atoms. The van der Waals surface area contributed by atoms with Gasteiger partial charge in [0.15, 0.2) is 11.6 Å². The van der Waals surface area contributed by atoms with E-state index < -0.39 is 5.82 Å². The molecule has 0 unspecified atom stereocenters. The number of phenols is 1. The van der Waals surface area contributed by atoms with Gasteiger partial charge in [-0.1, -0.05) is 15.9 Å². The lowest BCUT2D eigenvalue weighted by atomic mass is 10.2. The molecular formula is C9H11BrFNO. The Morgan fingerprint density at radius 2 is 2.08 bits per heavy atom. The van der Waals surface area contributed by atoms with E-state index in [2.05, 4.69) is 21.2 Å². The Morgan fingerprint density at radius 1 is 1.46 bits per heavy atom. The van der Waals surface area contributed by atoms with Gasteiger partial charge in [0.2, 0.25) is 0 Å². The van der Waals surface area contributed by atoms with E-state index in [1.807, 2.05) is 13.8 Å². The average Bonchev–Trinajstić information content (AvgIpc) is 1.98. The van der Waals surface area contributed by atoms with Gasteiger partial charge in [0.1, 0.15) is 0 Å². The number of hydrogen-bond donors (Lipinski definition) is 2. The molecular weight excluding hydrogens is 237 g/mol. The zero-order valence-electron chi connectivity index (χ0n) is 7.44. The van der Waals surface area contributed by atoms with Gasteiger partial charge in [0, 0.05) is 10.5 Å². The fraction of sp³-hybridized carbons (Fsp3) is 0.333. The quantitative estimate of drug-likeness (QED) is 0.788. The van der Waals surface area contributed by atoms with Crippen LogP contribution in [0.15, 0.2) is 16.6 Å². The van der Waals surface area contributed by atoms with Crippen LogP contribution in [0.1, 0.15) is 13.8 Å². The van der Waals surface area contributed by atoms with Crippen LogP contribution in [-0.4, -0.2) is 11.1 Å². The van der Waals surface area contributed by atoms with Gasteiger partial charge < -0.3 is 10.4 Å². The second-order valence-electron chi connectivity index (χ2n) is 3.08. The maximum atomic E-state index is 13.0. The molecule has 13 heavy (non-hydrogen) atoms. The van der Waals surface area contributed by atoms with Crippen molar-refractivity contribution in [1.29, 1.82) is 0 Å². The predicted octanol–water partition coefficient (Wildman–Crippen LogP) is 3.11. The summed E-state index contributed by atoms with van der Waals surface area (Å²) in [6.45, 7) is 3.83. The molecule has 0 aromatic heterocycles. The smallest absolute Gasteiger partial charge is 0.175 e. The topological polar surface area (TPSA) is 32.3 Å². The van der Waals surface area contributed by atoms with E-state index in [4.69, 9.17) is 0 Å². The first-order chi connectivity index (χ1) is 6.00. The van der Waals surface area contributed by atoms with Crippen LogP contribution in [0.4, 0.5) is 10.1 Å². The van der Waals surface area contributed by atoms with Gasteiger partial charge in [-0.05, 0) is 26.0 Å². The van der Waals surface area contributed by atoms with Crippen LogP contribution in [0.5, 0.6) is 5.75 Å². The zero-order valence-corrected chi connectivity index (χ0v) is 9.02. The lowest BCUT2D eigenvalue weighted by molar-refractivity contribution is 0.433. The molecule has 1 aromatic carbocycles. The minimum absolute atomic E-state index is 0.152. The maximum absolute atomic E-state index is 13.0. The minimum atomic E-state index is -0.627. The third-order valence-electron chi connectivity index (χ3n) is 1.47. The number of halogens is 2. The highest BCUT2D eigenvalue weighted by Gasteiger charge is 2.09. The summed E-state index contributed by atoms with van der Waals surface area (Å²) in [5.41, 5.74) is 0.405. The summed E-state index contributed by atoms with van der Waals surface area (Å²) in [7, 11) is 0. The molecule has 2 nitrogen and oxygen atoms in total.